The van der Waals surface area contributed by atoms with Crippen molar-refractivity contribution in [1.29, 1.82) is 0 Å². The lowest BCUT2D eigenvalue weighted by molar-refractivity contribution is 0.135. The van der Waals surface area contributed by atoms with Crippen LogP contribution in [0, 0.1) is 5.92 Å². The van der Waals surface area contributed by atoms with Gasteiger partial charge in [0.15, 0.2) is 0 Å². The topological polar surface area (TPSA) is 9.23 Å². The van der Waals surface area contributed by atoms with Gasteiger partial charge in [-0.2, -0.15) is 0 Å². The summed E-state index contributed by atoms with van der Waals surface area (Å²) >= 11 is 0. The van der Waals surface area contributed by atoms with Crippen LogP contribution in [-0.2, 0) is 4.74 Å². The maximum Gasteiger partial charge on any atom is 0.0570 e. The van der Waals surface area contributed by atoms with Gasteiger partial charge in [-0.15, -0.1) is 0 Å². The van der Waals surface area contributed by atoms with Gasteiger partial charge in [0.05, 0.1) is 6.61 Å². The molecule has 0 N–H and O–H groups in total. The van der Waals surface area contributed by atoms with Gasteiger partial charge in [0.25, 0.3) is 0 Å². The van der Waals surface area contributed by atoms with Crippen molar-refractivity contribution in [2.45, 2.75) is 6.92 Å². The predicted molar refractivity (Wildman–Crippen MR) is 96.3 cm³/mol. The fourth-order valence-electron chi connectivity index (χ4n) is 2.74. The van der Waals surface area contributed by atoms with E-state index < -0.39 is 7.92 Å². The van der Waals surface area contributed by atoms with Crippen molar-refractivity contribution >= 4 is 18.5 Å². The van der Waals surface area contributed by atoms with E-state index in [0.717, 1.165) is 13.2 Å². The molecule has 2 aromatic carbocycles. The predicted octanol–water partition coefficient (Wildman–Crippen LogP) is 4.23. The first-order valence-corrected chi connectivity index (χ1v) is 9.10. The van der Waals surface area contributed by atoms with Crippen LogP contribution < -0.4 is 10.6 Å². The molecule has 22 heavy (non-hydrogen) atoms. The molecule has 0 bridgehead atoms. The molecule has 2 aromatic rings. The van der Waals surface area contributed by atoms with E-state index in [1.165, 1.54) is 15.9 Å². The molecule has 3 rings (SSSR count). The van der Waals surface area contributed by atoms with Crippen LogP contribution >= 0.6 is 7.92 Å². The lowest BCUT2D eigenvalue weighted by Crippen LogP contribution is -2.17. The van der Waals surface area contributed by atoms with Crippen LogP contribution in [0.1, 0.15) is 6.92 Å². The lowest BCUT2D eigenvalue weighted by Gasteiger charge is -2.25. The molecule has 0 heterocycles. The van der Waals surface area contributed by atoms with Crippen LogP contribution in [0.5, 0.6) is 0 Å². The number of benzene rings is 2. The second-order valence-electron chi connectivity index (χ2n) is 5.25. The van der Waals surface area contributed by atoms with Gasteiger partial charge in [0.1, 0.15) is 0 Å². The van der Waals surface area contributed by atoms with Crippen LogP contribution in [0.15, 0.2) is 84.2 Å². The van der Waals surface area contributed by atoms with E-state index in [2.05, 4.69) is 85.8 Å². The van der Waals surface area contributed by atoms with E-state index >= 15 is 0 Å². The van der Waals surface area contributed by atoms with Gasteiger partial charge < -0.3 is 4.74 Å². The summed E-state index contributed by atoms with van der Waals surface area (Å²) in [5, 5.41) is 4.29. The average Bonchev–Trinajstić information content (AvgIpc) is 3.03. The summed E-state index contributed by atoms with van der Waals surface area (Å²) in [5.74, 6) is 0.395. The highest BCUT2D eigenvalue weighted by atomic mass is 31.1. The largest absolute Gasteiger partial charge is 0.381 e. The van der Waals surface area contributed by atoms with Crippen molar-refractivity contribution in [2.24, 2.45) is 5.92 Å². The minimum atomic E-state index is -0.489. The van der Waals surface area contributed by atoms with E-state index in [0.29, 0.717) is 5.92 Å². The average molecular weight is 308 g/mol. The van der Waals surface area contributed by atoms with E-state index in [-0.39, 0.29) is 0 Å². The summed E-state index contributed by atoms with van der Waals surface area (Å²) in [7, 11) is -0.489. The SMILES string of the molecule is CCOCC1C=CC=C1P(c1ccccc1)c1ccccc1. The van der Waals surface area contributed by atoms with Crippen molar-refractivity contribution in [3.05, 3.63) is 84.2 Å². The van der Waals surface area contributed by atoms with E-state index in [1.807, 2.05) is 0 Å². The van der Waals surface area contributed by atoms with Gasteiger partial charge in [-0.05, 0) is 30.8 Å². The second-order valence-corrected chi connectivity index (χ2v) is 7.47. The van der Waals surface area contributed by atoms with Crippen LogP contribution in [0.2, 0.25) is 0 Å². The second kappa shape index (κ2) is 7.54. The smallest absolute Gasteiger partial charge is 0.0570 e. The monoisotopic (exact) mass is 308 g/mol. The van der Waals surface area contributed by atoms with E-state index in [1.54, 1.807) is 0 Å². The molecule has 0 spiro atoms. The molecule has 112 valence electrons. The Labute approximate surface area is 134 Å². The Morgan fingerprint density at radius 1 is 0.909 bits per heavy atom. The molecule has 1 unspecified atom stereocenters. The molecule has 1 aliphatic carbocycles. The molecule has 0 aromatic heterocycles. The van der Waals surface area contributed by atoms with Gasteiger partial charge >= 0.3 is 0 Å². The number of hydrogen-bond donors (Lipinski definition) is 0. The number of rotatable bonds is 6. The Morgan fingerprint density at radius 3 is 2.05 bits per heavy atom. The first-order valence-electron chi connectivity index (χ1n) is 7.76. The summed E-state index contributed by atoms with van der Waals surface area (Å²) in [6, 6.07) is 21.7. The molecule has 1 atom stereocenters. The zero-order valence-electron chi connectivity index (χ0n) is 12.9. The van der Waals surface area contributed by atoms with Crippen molar-refractivity contribution in [3.63, 3.8) is 0 Å². The van der Waals surface area contributed by atoms with E-state index in [4.69, 9.17) is 4.74 Å². The zero-order chi connectivity index (χ0) is 15.2. The molecule has 1 nitrogen and oxygen atoms in total. The third-order valence-corrected chi connectivity index (χ3v) is 6.41. The fourth-order valence-corrected chi connectivity index (χ4v) is 5.30. The Hall–Kier alpha value is -1.69. The molecular formula is C20H21OP. The highest BCUT2D eigenvalue weighted by Gasteiger charge is 2.25. The molecule has 0 amide bonds. The van der Waals surface area contributed by atoms with Gasteiger partial charge in [-0.25, -0.2) is 0 Å². The normalized spacial score (nSPS) is 17.0. The molecule has 1 aliphatic rings. The molecule has 0 saturated carbocycles. The van der Waals surface area contributed by atoms with Gasteiger partial charge in [0.2, 0.25) is 0 Å². The summed E-state index contributed by atoms with van der Waals surface area (Å²) in [4.78, 5) is 0. The Balaban J connectivity index is 1.96. The summed E-state index contributed by atoms with van der Waals surface area (Å²) in [6.07, 6.45) is 6.74. The van der Waals surface area contributed by atoms with Gasteiger partial charge in [-0.3, -0.25) is 0 Å². The zero-order valence-corrected chi connectivity index (χ0v) is 13.7. The molecule has 2 heteroatoms. The third-order valence-electron chi connectivity index (χ3n) is 3.78. The Kier molecular flexibility index (Phi) is 5.21. The summed E-state index contributed by atoms with van der Waals surface area (Å²) in [6.45, 7) is 3.60. The first-order chi connectivity index (χ1) is 10.9. The summed E-state index contributed by atoms with van der Waals surface area (Å²) < 4.78 is 5.69. The van der Waals surface area contributed by atoms with Crippen LogP contribution in [0.3, 0.4) is 0 Å². The molecule has 0 fully saturated rings. The maximum absolute atomic E-state index is 5.69. The van der Waals surface area contributed by atoms with Crippen LogP contribution in [0.25, 0.3) is 0 Å². The van der Waals surface area contributed by atoms with Crippen LogP contribution in [0.4, 0.5) is 0 Å². The molecule has 0 aliphatic heterocycles. The van der Waals surface area contributed by atoms with Crippen molar-refractivity contribution < 1.29 is 4.74 Å². The quantitative estimate of drug-likeness (QED) is 0.726. The lowest BCUT2D eigenvalue weighted by atomic mass is 10.2. The minimum absolute atomic E-state index is 0.395. The highest BCUT2D eigenvalue weighted by molar-refractivity contribution is 7.76. The highest BCUT2D eigenvalue weighted by Crippen LogP contribution is 2.48. The molecule has 0 saturated heterocycles. The third kappa shape index (κ3) is 3.38. The number of ether oxygens (including phenoxy) is 1. The van der Waals surface area contributed by atoms with Gasteiger partial charge in [0, 0.05) is 12.5 Å². The Bertz CT molecular complexity index is 606. The molecular weight excluding hydrogens is 287 g/mol. The first kappa shape index (κ1) is 15.2. The molecule has 0 radical (unpaired) electrons. The van der Waals surface area contributed by atoms with Crippen molar-refractivity contribution in [2.75, 3.05) is 13.2 Å². The minimum Gasteiger partial charge on any atom is -0.381 e. The van der Waals surface area contributed by atoms with Crippen LogP contribution in [-0.4, -0.2) is 13.2 Å². The van der Waals surface area contributed by atoms with Crippen molar-refractivity contribution in [1.82, 2.24) is 0 Å². The fraction of sp³-hybridized carbons (Fsp3) is 0.200. The van der Waals surface area contributed by atoms with Crippen molar-refractivity contribution in [3.8, 4) is 0 Å². The summed E-state index contributed by atoms with van der Waals surface area (Å²) in [5.41, 5.74) is 0. The van der Waals surface area contributed by atoms with E-state index in [9.17, 15) is 0 Å². The Morgan fingerprint density at radius 2 is 1.50 bits per heavy atom. The number of hydrogen-bond acceptors (Lipinski definition) is 1. The standard InChI is InChI=1S/C20H21OP/c1-2-21-16-17-10-9-15-20(17)22(18-11-5-3-6-12-18)19-13-7-4-8-14-19/h3-15,17H,2,16H2,1H3. The maximum atomic E-state index is 5.69. The number of allylic oxidation sites excluding steroid dienone is 2. The van der Waals surface area contributed by atoms with Gasteiger partial charge in [-0.1, -0.05) is 78.9 Å².